The predicted octanol–water partition coefficient (Wildman–Crippen LogP) is 1.75. The first-order chi connectivity index (χ1) is 10.1. The van der Waals surface area contributed by atoms with Crippen molar-refractivity contribution >= 4 is 22.6 Å². The molecule has 2 aromatic rings. The van der Waals surface area contributed by atoms with Crippen molar-refractivity contribution in [3.63, 3.8) is 0 Å². The van der Waals surface area contributed by atoms with E-state index < -0.39 is 0 Å². The summed E-state index contributed by atoms with van der Waals surface area (Å²) in [6.07, 6.45) is 2.79. The second kappa shape index (κ2) is 5.37. The van der Waals surface area contributed by atoms with Gasteiger partial charge in [-0.1, -0.05) is 0 Å². The molecule has 0 saturated carbocycles. The van der Waals surface area contributed by atoms with Crippen molar-refractivity contribution in [3.05, 3.63) is 23.4 Å². The molecule has 1 aromatic heterocycles. The van der Waals surface area contributed by atoms with Crippen LogP contribution in [0.3, 0.4) is 0 Å². The maximum atomic E-state index is 11.9. The lowest BCUT2D eigenvalue weighted by molar-refractivity contribution is 0.0600. The number of methoxy groups -OCH3 is 1. The second-order valence-electron chi connectivity index (χ2n) is 5.44. The van der Waals surface area contributed by atoms with Crippen molar-refractivity contribution < 1.29 is 14.3 Å². The zero-order chi connectivity index (χ0) is 15.0. The van der Waals surface area contributed by atoms with Gasteiger partial charge in [0.1, 0.15) is 0 Å². The minimum Gasteiger partial charge on any atom is -0.465 e. The van der Waals surface area contributed by atoms with Gasteiger partial charge in [-0.2, -0.15) is 5.10 Å². The Balaban J connectivity index is 2.06. The van der Waals surface area contributed by atoms with E-state index in [0.29, 0.717) is 17.2 Å². The minimum atomic E-state index is -0.377. The first-order valence-corrected chi connectivity index (χ1v) is 7.02. The number of hydrogen-bond acceptors (Lipinski definition) is 5. The summed E-state index contributed by atoms with van der Waals surface area (Å²) in [7, 11) is 1.37. The van der Waals surface area contributed by atoms with E-state index in [4.69, 9.17) is 15.2 Å². The number of nitrogens with two attached hydrogens (primary N) is 1. The number of aromatic nitrogens is 2. The number of esters is 1. The predicted molar refractivity (Wildman–Crippen MR) is 79.1 cm³/mol. The molecule has 0 amide bonds. The Morgan fingerprint density at radius 2 is 2.43 bits per heavy atom. The lowest BCUT2D eigenvalue weighted by Crippen LogP contribution is -2.12. The molecule has 3 rings (SSSR count). The number of benzene rings is 1. The van der Waals surface area contributed by atoms with Gasteiger partial charge >= 0.3 is 5.97 Å². The summed E-state index contributed by atoms with van der Waals surface area (Å²) in [5.74, 6) is 0.0789. The molecule has 1 fully saturated rings. The Morgan fingerprint density at radius 1 is 1.62 bits per heavy atom. The Labute approximate surface area is 122 Å². The Bertz CT molecular complexity index is 687. The summed E-state index contributed by atoms with van der Waals surface area (Å²) in [5, 5.41) is 5.29. The van der Waals surface area contributed by atoms with Crippen molar-refractivity contribution in [2.75, 3.05) is 26.1 Å². The Morgan fingerprint density at radius 3 is 3.10 bits per heavy atom. The highest BCUT2D eigenvalue weighted by Gasteiger charge is 2.20. The second-order valence-corrected chi connectivity index (χ2v) is 5.44. The summed E-state index contributed by atoms with van der Waals surface area (Å²) >= 11 is 0. The van der Waals surface area contributed by atoms with Crippen LogP contribution in [0.1, 0.15) is 22.3 Å². The molecule has 112 valence electrons. The highest BCUT2D eigenvalue weighted by Crippen LogP contribution is 2.29. The van der Waals surface area contributed by atoms with E-state index in [2.05, 4.69) is 5.10 Å². The summed E-state index contributed by atoms with van der Waals surface area (Å²) in [6, 6.07) is 1.82. The fourth-order valence-electron chi connectivity index (χ4n) is 2.79. The van der Waals surface area contributed by atoms with Crippen LogP contribution in [0.2, 0.25) is 0 Å². The number of rotatable bonds is 3. The van der Waals surface area contributed by atoms with Gasteiger partial charge in [0.05, 0.1) is 31.0 Å². The van der Waals surface area contributed by atoms with E-state index in [0.717, 1.165) is 42.6 Å². The molecular formula is C15H19N3O3. The van der Waals surface area contributed by atoms with Gasteiger partial charge < -0.3 is 15.2 Å². The molecule has 1 saturated heterocycles. The van der Waals surface area contributed by atoms with Crippen LogP contribution < -0.4 is 5.73 Å². The largest absolute Gasteiger partial charge is 0.465 e. The SMILES string of the molecule is COC(=O)c1cc2c(cnn2CC2CCOC2)c(N)c1C. The molecule has 2 heterocycles. The maximum Gasteiger partial charge on any atom is 0.338 e. The van der Waals surface area contributed by atoms with Gasteiger partial charge in [0.15, 0.2) is 0 Å². The summed E-state index contributed by atoms with van der Waals surface area (Å²) in [4.78, 5) is 11.9. The number of ether oxygens (including phenoxy) is 2. The molecule has 1 aliphatic heterocycles. The van der Waals surface area contributed by atoms with E-state index in [1.54, 1.807) is 6.20 Å². The third-order valence-corrected chi connectivity index (χ3v) is 4.12. The van der Waals surface area contributed by atoms with E-state index in [-0.39, 0.29) is 5.97 Å². The number of carbonyl (C=O) groups is 1. The number of carbonyl (C=O) groups excluding carboxylic acids is 1. The highest BCUT2D eigenvalue weighted by molar-refractivity contribution is 6.02. The van der Waals surface area contributed by atoms with E-state index in [9.17, 15) is 4.79 Å². The first kappa shape index (κ1) is 13.9. The number of nitrogens with zero attached hydrogens (tertiary/aromatic N) is 2. The minimum absolute atomic E-state index is 0.377. The zero-order valence-corrected chi connectivity index (χ0v) is 12.3. The van der Waals surface area contributed by atoms with Crippen molar-refractivity contribution in [2.24, 2.45) is 5.92 Å². The van der Waals surface area contributed by atoms with Crippen LogP contribution >= 0.6 is 0 Å². The highest BCUT2D eigenvalue weighted by atomic mass is 16.5. The smallest absolute Gasteiger partial charge is 0.338 e. The van der Waals surface area contributed by atoms with Crippen LogP contribution in [0.5, 0.6) is 0 Å². The average molecular weight is 289 g/mol. The molecule has 1 aromatic carbocycles. The summed E-state index contributed by atoms with van der Waals surface area (Å²) in [5.41, 5.74) is 8.83. The van der Waals surface area contributed by atoms with Crippen LogP contribution in [0, 0.1) is 12.8 Å². The lowest BCUT2D eigenvalue weighted by Gasteiger charge is -2.12. The monoisotopic (exact) mass is 289 g/mol. The van der Waals surface area contributed by atoms with Crippen molar-refractivity contribution in [2.45, 2.75) is 19.9 Å². The molecule has 2 N–H and O–H groups in total. The van der Waals surface area contributed by atoms with E-state index in [1.807, 2.05) is 17.7 Å². The van der Waals surface area contributed by atoms with Gasteiger partial charge in [-0.3, -0.25) is 4.68 Å². The standard InChI is InChI=1S/C15H19N3O3/c1-9-11(15(19)20-2)5-13-12(14(9)16)6-17-18(13)7-10-3-4-21-8-10/h5-6,10H,3-4,7-8,16H2,1-2H3. The van der Waals surface area contributed by atoms with Crippen LogP contribution in [0.25, 0.3) is 10.9 Å². The van der Waals surface area contributed by atoms with Crippen LogP contribution in [0.15, 0.2) is 12.3 Å². The third-order valence-electron chi connectivity index (χ3n) is 4.12. The topological polar surface area (TPSA) is 79.4 Å². The molecule has 1 aliphatic rings. The zero-order valence-electron chi connectivity index (χ0n) is 12.3. The number of nitrogen functional groups attached to an aromatic ring is 1. The van der Waals surface area contributed by atoms with Gasteiger partial charge in [0.25, 0.3) is 0 Å². The first-order valence-electron chi connectivity index (χ1n) is 7.02. The Kier molecular flexibility index (Phi) is 3.55. The van der Waals surface area contributed by atoms with Gasteiger partial charge in [0, 0.05) is 30.1 Å². The molecule has 21 heavy (non-hydrogen) atoms. The molecule has 6 heteroatoms. The third kappa shape index (κ3) is 2.35. The number of fused-ring (bicyclic) bond motifs is 1. The van der Waals surface area contributed by atoms with Crippen LogP contribution in [-0.2, 0) is 16.0 Å². The molecule has 0 spiro atoms. The quantitative estimate of drug-likeness (QED) is 0.688. The molecule has 1 unspecified atom stereocenters. The number of hydrogen-bond donors (Lipinski definition) is 1. The van der Waals surface area contributed by atoms with Crippen LogP contribution in [0.4, 0.5) is 5.69 Å². The van der Waals surface area contributed by atoms with Crippen molar-refractivity contribution in [1.29, 1.82) is 0 Å². The maximum absolute atomic E-state index is 11.9. The molecule has 6 nitrogen and oxygen atoms in total. The lowest BCUT2D eigenvalue weighted by atomic mass is 10.0. The average Bonchev–Trinajstić information content (AvgIpc) is 3.13. The molecular weight excluding hydrogens is 270 g/mol. The normalized spacial score (nSPS) is 18.3. The summed E-state index contributed by atoms with van der Waals surface area (Å²) in [6.45, 7) is 4.15. The molecule has 0 radical (unpaired) electrons. The van der Waals surface area contributed by atoms with Crippen LogP contribution in [-0.4, -0.2) is 36.1 Å². The van der Waals surface area contributed by atoms with Gasteiger partial charge in [0.2, 0.25) is 0 Å². The molecule has 0 bridgehead atoms. The fraction of sp³-hybridized carbons (Fsp3) is 0.467. The van der Waals surface area contributed by atoms with E-state index >= 15 is 0 Å². The Hall–Kier alpha value is -2.08. The van der Waals surface area contributed by atoms with Gasteiger partial charge in [-0.15, -0.1) is 0 Å². The fourth-order valence-corrected chi connectivity index (χ4v) is 2.79. The van der Waals surface area contributed by atoms with Crippen molar-refractivity contribution in [1.82, 2.24) is 9.78 Å². The molecule has 1 atom stereocenters. The number of anilines is 1. The van der Waals surface area contributed by atoms with E-state index in [1.165, 1.54) is 7.11 Å². The van der Waals surface area contributed by atoms with Crippen molar-refractivity contribution in [3.8, 4) is 0 Å². The van der Waals surface area contributed by atoms with Gasteiger partial charge in [-0.05, 0) is 25.0 Å². The van der Waals surface area contributed by atoms with Gasteiger partial charge in [-0.25, -0.2) is 4.79 Å². The summed E-state index contributed by atoms with van der Waals surface area (Å²) < 4.78 is 12.1. The molecule has 0 aliphatic carbocycles.